The number of anilines is 2. The maximum Gasteiger partial charge on any atom is 0.224 e. The Balaban J connectivity index is 2.15. The summed E-state index contributed by atoms with van der Waals surface area (Å²) in [5.41, 5.74) is 6.62. The number of nitrogens with zero attached hydrogens (tertiary/aromatic N) is 5. The van der Waals surface area contributed by atoms with Crippen molar-refractivity contribution in [2.24, 2.45) is 7.05 Å². The van der Waals surface area contributed by atoms with Gasteiger partial charge in [-0.05, 0) is 26.2 Å². The molecule has 6 nitrogen and oxygen atoms in total. The lowest BCUT2D eigenvalue weighted by atomic mass is 10.0. The van der Waals surface area contributed by atoms with E-state index in [1.165, 1.54) is 19.3 Å². The highest BCUT2D eigenvalue weighted by molar-refractivity contribution is 5.88. The van der Waals surface area contributed by atoms with E-state index in [2.05, 4.69) is 26.9 Å². The Hall–Kier alpha value is -1.85. The lowest BCUT2D eigenvalue weighted by molar-refractivity contribution is 0.482. The zero-order valence-electron chi connectivity index (χ0n) is 10.8. The van der Waals surface area contributed by atoms with Crippen molar-refractivity contribution < 1.29 is 0 Å². The van der Waals surface area contributed by atoms with Gasteiger partial charge in [0, 0.05) is 19.6 Å². The van der Waals surface area contributed by atoms with Gasteiger partial charge in [0.1, 0.15) is 5.82 Å². The van der Waals surface area contributed by atoms with Crippen molar-refractivity contribution in [1.29, 1.82) is 0 Å². The number of aromatic nitrogens is 4. The van der Waals surface area contributed by atoms with E-state index in [9.17, 15) is 0 Å². The molecule has 0 spiro atoms. The molecule has 0 radical (unpaired) electrons. The lowest BCUT2D eigenvalue weighted by Gasteiger charge is -2.34. The summed E-state index contributed by atoms with van der Waals surface area (Å²) in [7, 11) is 1.87. The molecule has 3 heterocycles. The van der Waals surface area contributed by atoms with Crippen LogP contribution in [-0.2, 0) is 7.05 Å². The van der Waals surface area contributed by atoms with Crippen molar-refractivity contribution in [3.63, 3.8) is 0 Å². The van der Waals surface area contributed by atoms with Crippen molar-refractivity contribution in [1.82, 2.24) is 19.7 Å². The van der Waals surface area contributed by atoms with Crippen molar-refractivity contribution >= 4 is 22.8 Å². The second-order valence-electron chi connectivity index (χ2n) is 4.95. The molecule has 1 aliphatic heterocycles. The van der Waals surface area contributed by atoms with Crippen LogP contribution in [0.5, 0.6) is 0 Å². The van der Waals surface area contributed by atoms with E-state index >= 15 is 0 Å². The molecule has 18 heavy (non-hydrogen) atoms. The van der Waals surface area contributed by atoms with Gasteiger partial charge in [0.05, 0.1) is 11.6 Å². The first-order valence-corrected chi connectivity index (χ1v) is 6.38. The first-order valence-electron chi connectivity index (χ1n) is 6.38. The Morgan fingerprint density at radius 1 is 1.33 bits per heavy atom. The fourth-order valence-electron chi connectivity index (χ4n) is 2.66. The first-order chi connectivity index (χ1) is 8.66. The third kappa shape index (κ3) is 1.68. The van der Waals surface area contributed by atoms with Crippen molar-refractivity contribution in [2.75, 3.05) is 17.2 Å². The molecular formula is C12H18N6. The summed E-state index contributed by atoms with van der Waals surface area (Å²) in [6.45, 7) is 3.27. The number of nitrogen functional groups attached to an aromatic ring is 1. The van der Waals surface area contributed by atoms with E-state index in [0.29, 0.717) is 12.0 Å². The van der Waals surface area contributed by atoms with Crippen LogP contribution in [0.3, 0.4) is 0 Å². The molecule has 96 valence electrons. The van der Waals surface area contributed by atoms with Gasteiger partial charge >= 0.3 is 0 Å². The second kappa shape index (κ2) is 4.12. The summed E-state index contributed by atoms with van der Waals surface area (Å²) in [4.78, 5) is 11.0. The molecule has 6 heteroatoms. The number of aryl methyl sites for hydroxylation is 1. The average Bonchev–Trinajstić information content (AvgIpc) is 2.71. The van der Waals surface area contributed by atoms with Crippen LogP contribution in [0.15, 0.2) is 6.20 Å². The largest absolute Gasteiger partial charge is 0.368 e. The third-order valence-corrected chi connectivity index (χ3v) is 3.66. The highest BCUT2D eigenvalue weighted by Gasteiger charge is 2.23. The molecule has 3 rings (SSSR count). The number of rotatable bonds is 1. The standard InChI is InChI=1S/C12H18N6/c1-8-5-3-4-6-18(8)11-9-7-14-17(2)10(9)15-12(13)16-11/h7-8H,3-6H2,1-2H3,(H2,13,15,16). The van der Waals surface area contributed by atoms with Gasteiger partial charge < -0.3 is 10.6 Å². The Morgan fingerprint density at radius 3 is 2.94 bits per heavy atom. The number of hydrogen-bond acceptors (Lipinski definition) is 5. The minimum Gasteiger partial charge on any atom is -0.368 e. The zero-order valence-corrected chi connectivity index (χ0v) is 10.8. The Morgan fingerprint density at radius 2 is 2.17 bits per heavy atom. The minimum atomic E-state index is 0.318. The van der Waals surface area contributed by atoms with Gasteiger partial charge in [-0.15, -0.1) is 0 Å². The molecule has 1 unspecified atom stereocenters. The van der Waals surface area contributed by atoms with E-state index in [1.54, 1.807) is 4.68 Å². The third-order valence-electron chi connectivity index (χ3n) is 3.66. The van der Waals surface area contributed by atoms with E-state index in [1.807, 2.05) is 13.2 Å². The van der Waals surface area contributed by atoms with Gasteiger partial charge in [-0.25, -0.2) is 0 Å². The summed E-state index contributed by atoms with van der Waals surface area (Å²) >= 11 is 0. The predicted octanol–water partition coefficient (Wildman–Crippen LogP) is 1.32. The molecule has 2 aromatic rings. The quantitative estimate of drug-likeness (QED) is 0.821. The number of fused-ring (bicyclic) bond motifs is 1. The lowest BCUT2D eigenvalue weighted by Crippen LogP contribution is -2.38. The van der Waals surface area contributed by atoms with E-state index in [-0.39, 0.29) is 0 Å². The number of hydrogen-bond donors (Lipinski definition) is 1. The molecule has 2 N–H and O–H groups in total. The Bertz CT molecular complexity index is 575. The SMILES string of the molecule is CC1CCCCN1c1nc(N)nc2c1cnn2C. The average molecular weight is 246 g/mol. The normalized spacial score (nSPS) is 20.6. The Labute approximate surface area is 106 Å². The van der Waals surface area contributed by atoms with E-state index < -0.39 is 0 Å². The molecule has 0 bridgehead atoms. The molecule has 0 saturated carbocycles. The van der Waals surface area contributed by atoms with Gasteiger partial charge in [0.25, 0.3) is 0 Å². The summed E-state index contributed by atoms with van der Waals surface area (Å²) in [6, 6.07) is 0.497. The number of nitrogens with two attached hydrogens (primary N) is 1. The van der Waals surface area contributed by atoms with Crippen molar-refractivity contribution in [3.8, 4) is 0 Å². The van der Waals surface area contributed by atoms with Gasteiger partial charge in [0.2, 0.25) is 5.95 Å². The van der Waals surface area contributed by atoms with Crippen molar-refractivity contribution in [3.05, 3.63) is 6.20 Å². The molecular weight excluding hydrogens is 228 g/mol. The summed E-state index contributed by atoms with van der Waals surface area (Å²) in [6.07, 6.45) is 5.52. The number of piperidine rings is 1. The van der Waals surface area contributed by atoms with Crippen LogP contribution in [0.1, 0.15) is 26.2 Å². The highest BCUT2D eigenvalue weighted by Crippen LogP contribution is 2.29. The minimum absolute atomic E-state index is 0.318. The van der Waals surface area contributed by atoms with Crippen LogP contribution >= 0.6 is 0 Å². The zero-order chi connectivity index (χ0) is 12.7. The maximum absolute atomic E-state index is 5.81. The van der Waals surface area contributed by atoms with Gasteiger partial charge in [-0.2, -0.15) is 15.1 Å². The van der Waals surface area contributed by atoms with Crippen LogP contribution in [0.2, 0.25) is 0 Å². The predicted molar refractivity (Wildman–Crippen MR) is 71.4 cm³/mol. The van der Waals surface area contributed by atoms with Crippen LogP contribution in [0.25, 0.3) is 11.0 Å². The van der Waals surface area contributed by atoms with Gasteiger partial charge in [0.15, 0.2) is 5.65 Å². The summed E-state index contributed by atoms with van der Waals surface area (Å²) in [5.74, 6) is 1.25. The highest BCUT2D eigenvalue weighted by atomic mass is 15.3. The molecule has 2 aromatic heterocycles. The Kier molecular flexibility index (Phi) is 2.57. The fraction of sp³-hybridized carbons (Fsp3) is 0.583. The summed E-state index contributed by atoms with van der Waals surface area (Å²) < 4.78 is 1.74. The smallest absolute Gasteiger partial charge is 0.224 e. The fourth-order valence-corrected chi connectivity index (χ4v) is 2.66. The maximum atomic E-state index is 5.81. The molecule has 1 atom stereocenters. The van der Waals surface area contributed by atoms with Crippen LogP contribution in [0, 0.1) is 0 Å². The van der Waals surface area contributed by atoms with E-state index in [4.69, 9.17) is 5.73 Å². The second-order valence-corrected chi connectivity index (χ2v) is 4.95. The molecule has 0 aliphatic carbocycles. The van der Waals surface area contributed by atoms with Gasteiger partial charge in [-0.1, -0.05) is 0 Å². The topological polar surface area (TPSA) is 72.9 Å². The van der Waals surface area contributed by atoms with Crippen LogP contribution in [-0.4, -0.2) is 32.3 Å². The molecule has 1 fully saturated rings. The first kappa shape index (κ1) is 11.3. The van der Waals surface area contributed by atoms with E-state index in [0.717, 1.165) is 23.4 Å². The molecule has 0 amide bonds. The molecule has 1 saturated heterocycles. The van der Waals surface area contributed by atoms with Crippen LogP contribution in [0.4, 0.5) is 11.8 Å². The van der Waals surface area contributed by atoms with Crippen molar-refractivity contribution in [2.45, 2.75) is 32.2 Å². The monoisotopic (exact) mass is 246 g/mol. The van der Waals surface area contributed by atoms with Crippen LogP contribution < -0.4 is 10.6 Å². The molecule has 0 aromatic carbocycles. The molecule has 1 aliphatic rings. The van der Waals surface area contributed by atoms with Gasteiger partial charge in [-0.3, -0.25) is 4.68 Å². The summed E-state index contributed by atoms with van der Waals surface area (Å²) in [5, 5.41) is 5.24.